The maximum absolute atomic E-state index is 10.2. The van der Waals surface area contributed by atoms with Gasteiger partial charge in [0.1, 0.15) is 0 Å². The molecule has 9 N–H and O–H groups in total. The molecule has 8 nitrogen and oxygen atoms in total. The summed E-state index contributed by atoms with van der Waals surface area (Å²) in [4.78, 5) is 10.2. The van der Waals surface area contributed by atoms with Crippen LogP contribution in [0.4, 0.5) is 4.79 Å². The van der Waals surface area contributed by atoms with E-state index in [1.165, 1.54) is 0 Å². The van der Waals surface area contributed by atoms with Crippen molar-refractivity contribution in [2.45, 2.75) is 0 Å². The number of rotatable bonds is 2. The predicted molar refractivity (Wildman–Crippen MR) is 49.3 cm³/mol. The summed E-state index contributed by atoms with van der Waals surface area (Å²) in [6, 6.07) is -0.648. The molecule has 0 radical (unpaired) electrons. The fourth-order valence-electron chi connectivity index (χ4n) is 0.179. The molecule has 0 unspecified atom stereocenters. The SMILES string of the molecule is Cl.Cl.NNC(=O)NNN=C(N)N. The maximum Gasteiger partial charge on any atom is 0.348 e. The number of hydrazone groups is 1. The van der Waals surface area contributed by atoms with Crippen molar-refractivity contribution in [3.05, 3.63) is 0 Å². The molecule has 0 rings (SSSR count). The summed E-state index contributed by atoms with van der Waals surface area (Å²) >= 11 is 0. The smallest absolute Gasteiger partial charge is 0.348 e. The molecule has 0 saturated carbocycles. The van der Waals surface area contributed by atoms with E-state index in [2.05, 4.69) is 10.9 Å². The first kappa shape index (κ1) is 17.1. The van der Waals surface area contributed by atoms with Gasteiger partial charge in [-0.15, -0.1) is 29.9 Å². The van der Waals surface area contributed by atoms with Crippen LogP contribution in [0.5, 0.6) is 0 Å². The molecule has 0 aromatic carbocycles. The van der Waals surface area contributed by atoms with Crippen LogP contribution in [-0.4, -0.2) is 12.0 Å². The molecule has 0 heterocycles. The normalized spacial score (nSPS) is 6.42. The van der Waals surface area contributed by atoms with Gasteiger partial charge in [-0.1, -0.05) is 0 Å². The van der Waals surface area contributed by atoms with E-state index in [4.69, 9.17) is 11.5 Å². The Morgan fingerprint density at radius 3 is 2.08 bits per heavy atom. The Kier molecular flexibility index (Phi) is 14.1. The lowest BCUT2D eigenvalue weighted by Gasteiger charge is -2.00. The standard InChI is InChI=1S/C2H9N7O.2ClH/c3-1(4)7-9-8-2(10)6-5;;/h9H,5H2,(H4,3,4,7)(H2,6,8,10);2*1H. The molecule has 0 saturated heterocycles. The Morgan fingerprint density at radius 1 is 1.25 bits per heavy atom. The zero-order valence-corrected chi connectivity index (χ0v) is 7.54. The molecular formula is C2H11Cl2N7O. The van der Waals surface area contributed by atoms with Crippen LogP contribution in [0.1, 0.15) is 0 Å². The second kappa shape index (κ2) is 9.88. The highest BCUT2D eigenvalue weighted by molar-refractivity contribution is 5.85. The Morgan fingerprint density at radius 2 is 1.75 bits per heavy atom. The molecule has 0 aliphatic heterocycles. The number of nitrogens with one attached hydrogen (secondary N) is 3. The molecule has 0 aromatic rings. The summed E-state index contributed by atoms with van der Waals surface area (Å²) in [6.07, 6.45) is 0. The first-order chi connectivity index (χ1) is 4.66. The van der Waals surface area contributed by atoms with Crippen molar-refractivity contribution in [3.63, 3.8) is 0 Å². The number of hydrogen-bond acceptors (Lipinski definition) is 4. The van der Waals surface area contributed by atoms with Crippen molar-refractivity contribution in [1.29, 1.82) is 0 Å². The van der Waals surface area contributed by atoms with Crippen molar-refractivity contribution < 1.29 is 4.79 Å². The Hall–Kier alpha value is -1.12. The molecule has 0 atom stereocenters. The highest BCUT2D eigenvalue weighted by Gasteiger charge is 1.89. The van der Waals surface area contributed by atoms with Crippen LogP contribution in [0.15, 0.2) is 5.10 Å². The molecular weight excluding hydrogens is 209 g/mol. The molecule has 0 fully saturated rings. The van der Waals surface area contributed by atoms with Crippen LogP contribution >= 0.6 is 24.8 Å². The molecule has 10 heteroatoms. The lowest BCUT2D eigenvalue weighted by atomic mass is 11.1. The third kappa shape index (κ3) is 11.6. The van der Waals surface area contributed by atoms with Gasteiger partial charge in [-0.2, -0.15) is 0 Å². The van der Waals surface area contributed by atoms with Gasteiger partial charge in [0.15, 0.2) is 0 Å². The van der Waals surface area contributed by atoms with E-state index in [0.29, 0.717) is 0 Å². The van der Waals surface area contributed by atoms with Crippen molar-refractivity contribution >= 4 is 36.8 Å². The molecule has 0 aliphatic rings. The van der Waals surface area contributed by atoms with Crippen molar-refractivity contribution in [2.24, 2.45) is 22.4 Å². The van der Waals surface area contributed by atoms with Crippen LogP contribution < -0.4 is 33.7 Å². The maximum atomic E-state index is 10.2. The lowest BCUT2D eigenvalue weighted by Crippen LogP contribution is -2.46. The Labute approximate surface area is 81.0 Å². The van der Waals surface area contributed by atoms with Crippen LogP contribution in [0, 0.1) is 0 Å². The Bertz CT molecular complexity index is 144. The third-order valence-electron chi connectivity index (χ3n) is 0.486. The van der Waals surface area contributed by atoms with Crippen LogP contribution in [0.2, 0.25) is 0 Å². The molecule has 0 aromatic heterocycles. The summed E-state index contributed by atoms with van der Waals surface area (Å²) in [6.45, 7) is 0. The van der Waals surface area contributed by atoms with E-state index in [-0.39, 0.29) is 30.8 Å². The quantitative estimate of drug-likeness (QED) is 0.102. The van der Waals surface area contributed by atoms with Crippen molar-refractivity contribution in [3.8, 4) is 0 Å². The van der Waals surface area contributed by atoms with Crippen LogP contribution in [0.3, 0.4) is 0 Å². The van der Waals surface area contributed by atoms with Gasteiger partial charge in [0, 0.05) is 0 Å². The van der Waals surface area contributed by atoms with Gasteiger partial charge < -0.3 is 11.5 Å². The number of hydrogen-bond donors (Lipinski definition) is 6. The number of guanidine groups is 1. The second-order valence-electron chi connectivity index (χ2n) is 1.25. The molecule has 0 aliphatic carbocycles. The topological polar surface area (TPSA) is 144 Å². The number of carbonyl (C=O) groups excluding carboxylic acids is 1. The number of urea groups is 1. The number of nitrogens with zero attached hydrogens (tertiary/aromatic N) is 1. The minimum absolute atomic E-state index is 0. The summed E-state index contributed by atoms with van der Waals surface area (Å²) in [5.41, 5.74) is 15.6. The predicted octanol–water partition coefficient (Wildman–Crippen LogP) is -2.30. The lowest BCUT2D eigenvalue weighted by molar-refractivity contribution is 0.237. The van der Waals surface area contributed by atoms with Gasteiger partial charge >= 0.3 is 6.03 Å². The number of nitrogens with two attached hydrogens (primary N) is 3. The summed E-state index contributed by atoms with van der Waals surface area (Å²) in [5.74, 6) is 4.48. The summed E-state index contributed by atoms with van der Waals surface area (Å²) < 4.78 is 0. The van der Waals surface area contributed by atoms with E-state index >= 15 is 0 Å². The minimum Gasteiger partial charge on any atom is -0.369 e. The third-order valence-corrected chi connectivity index (χ3v) is 0.486. The minimum atomic E-state index is -0.648. The first-order valence-corrected chi connectivity index (χ1v) is 2.27. The van der Waals surface area contributed by atoms with Gasteiger partial charge in [0.2, 0.25) is 5.96 Å². The van der Waals surface area contributed by atoms with Gasteiger partial charge in [0.25, 0.3) is 0 Å². The van der Waals surface area contributed by atoms with Crippen molar-refractivity contribution in [2.75, 3.05) is 0 Å². The fraction of sp³-hybridized carbons (Fsp3) is 0. The van der Waals surface area contributed by atoms with Crippen LogP contribution in [0.25, 0.3) is 0 Å². The highest BCUT2D eigenvalue weighted by Crippen LogP contribution is 1.53. The monoisotopic (exact) mass is 219 g/mol. The number of halogens is 2. The Balaban J connectivity index is -0.000000405. The zero-order valence-electron chi connectivity index (χ0n) is 5.90. The van der Waals surface area contributed by atoms with Crippen LogP contribution in [-0.2, 0) is 0 Å². The summed E-state index contributed by atoms with van der Waals surface area (Å²) in [5, 5.41) is 3.21. The second-order valence-corrected chi connectivity index (χ2v) is 1.25. The zero-order chi connectivity index (χ0) is 7.98. The van der Waals surface area contributed by atoms with Gasteiger partial charge in [-0.3, -0.25) is 5.43 Å². The fourth-order valence-corrected chi connectivity index (χ4v) is 0.179. The van der Waals surface area contributed by atoms with E-state index < -0.39 is 6.03 Å². The molecule has 74 valence electrons. The van der Waals surface area contributed by atoms with Gasteiger partial charge in [-0.05, 0) is 0 Å². The molecule has 2 amide bonds. The first-order valence-electron chi connectivity index (χ1n) is 2.27. The number of hydrazine groups is 2. The average Bonchev–Trinajstić information content (AvgIpc) is 1.87. The van der Waals surface area contributed by atoms with E-state index in [1.807, 2.05) is 11.0 Å². The average molecular weight is 220 g/mol. The number of amides is 2. The molecule has 12 heavy (non-hydrogen) atoms. The molecule has 0 spiro atoms. The number of carbonyl (C=O) groups is 1. The highest BCUT2D eigenvalue weighted by atomic mass is 35.5. The van der Waals surface area contributed by atoms with Gasteiger partial charge in [0.05, 0.1) is 0 Å². The van der Waals surface area contributed by atoms with E-state index in [9.17, 15) is 4.79 Å². The molecule has 0 bridgehead atoms. The van der Waals surface area contributed by atoms with Gasteiger partial charge in [-0.25, -0.2) is 21.6 Å². The van der Waals surface area contributed by atoms with E-state index in [0.717, 1.165) is 0 Å². The largest absolute Gasteiger partial charge is 0.369 e. The van der Waals surface area contributed by atoms with Crippen molar-refractivity contribution in [1.82, 2.24) is 16.4 Å². The van der Waals surface area contributed by atoms with E-state index in [1.54, 1.807) is 5.43 Å². The summed E-state index contributed by atoms with van der Waals surface area (Å²) in [7, 11) is 0.